The number of hydrogen-bond acceptors (Lipinski definition) is 7. The molecule has 242 valence electrons. The number of hydroxylamine groups is 1. The molecule has 1 amide bonds. The number of allylic oxidation sites excluding steroid dienone is 4. The molecular weight excluding hydrogens is 587 g/mol. The number of nitrogens with one attached hydrogen (secondary N) is 1. The minimum atomic E-state index is -4.45. The lowest BCUT2D eigenvalue weighted by Crippen LogP contribution is -2.56. The van der Waals surface area contributed by atoms with Gasteiger partial charge in [-0.2, -0.15) is 13.2 Å². The Labute approximate surface area is 253 Å². The molecule has 0 saturated carbocycles. The third-order valence-electron chi connectivity index (χ3n) is 7.14. The summed E-state index contributed by atoms with van der Waals surface area (Å²) in [5.74, 6) is 0.138. The van der Waals surface area contributed by atoms with E-state index in [0.29, 0.717) is 24.2 Å². The summed E-state index contributed by atoms with van der Waals surface area (Å²) in [5.41, 5.74) is 3.27. The van der Waals surface area contributed by atoms with E-state index in [1.54, 1.807) is 6.92 Å². The summed E-state index contributed by atoms with van der Waals surface area (Å²) < 4.78 is 78.4. The number of sulfone groups is 1. The van der Waals surface area contributed by atoms with Crippen molar-refractivity contribution in [1.29, 1.82) is 0 Å². The van der Waals surface area contributed by atoms with Gasteiger partial charge in [0.25, 0.3) is 5.91 Å². The Balaban J connectivity index is 0.00000119. The van der Waals surface area contributed by atoms with E-state index in [4.69, 9.17) is 19.0 Å². The predicted octanol–water partition coefficient (Wildman–Crippen LogP) is 6.69. The fraction of sp³-hybridized carbons (Fsp3) is 0.581. The molecule has 0 aliphatic carbocycles. The molecule has 1 unspecified atom stereocenters. The number of benzene rings is 1. The Hall–Kier alpha value is -2.67. The van der Waals surface area contributed by atoms with Crippen molar-refractivity contribution in [1.82, 2.24) is 5.48 Å². The van der Waals surface area contributed by atoms with Gasteiger partial charge in [-0.1, -0.05) is 58.1 Å². The molecule has 2 aliphatic rings. The van der Waals surface area contributed by atoms with Gasteiger partial charge in [-0.3, -0.25) is 4.79 Å². The van der Waals surface area contributed by atoms with E-state index in [9.17, 15) is 26.4 Å². The summed E-state index contributed by atoms with van der Waals surface area (Å²) in [4.78, 5) is 18.6. The van der Waals surface area contributed by atoms with Crippen molar-refractivity contribution in [3.63, 3.8) is 0 Å². The highest BCUT2D eigenvalue weighted by Gasteiger charge is 2.53. The molecule has 12 heteroatoms. The number of carbonyl (C=O) groups is 1. The zero-order chi connectivity index (χ0) is 32.1. The molecule has 43 heavy (non-hydrogen) atoms. The van der Waals surface area contributed by atoms with Crippen LogP contribution < -0.4 is 10.2 Å². The van der Waals surface area contributed by atoms with Crippen molar-refractivity contribution in [2.75, 3.05) is 26.4 Å². The average molecular weight is 632 g/mol. The molecule has 8 nitrogen and oxygen atoms in total. The van der Waals surface area contributed by atoms with Gasteiger partial charge >= 0.3 is 6.18 Å². The number of halogens is 3. The van der Waals surface area contributed by atoms with Crippen LogP contribution in [0.1, 0.15) is 71.8 Å². The third-order valence-corrected chi connectivity index (χ3v) is 9.75. The molecule has 2 saturated heterocycles. The first-order valence-electron chi connectivity index (χ1n) is 14.5. The fourth-order valence-electron chi connectivity index (χ4n) is 4.11. The average Bonchev–Trinajstić information content (AvgIpc) is 2.99. The van der Waals surface area contributed by atoms with Crippen LogP contribution in [0.5, 0.6) is 5.75 Å². The monoisotopic (exact) mass is 631 g/mol. The van der Waals surface area contributed by atoms with Crippen LogP contribution in [0.4, 0.5) is 13.2 Å². The van der Waals surface area contributed by atoms with Gasteiger partial charge in [0.05, 0.1) is 4.91 Å². The molecule has 2 aliphatic heterocycles. The molecule has 0 spiro atoms. The molecule has 1 aromatic rings. The molecule has 1 N–H and O–H groups in total. The highest BCUT2D eigenvalue weighted by atomic mass is 32.2. The van der Waals surface area contributed by atoms with Gasteiger partial charge in [0.2, 0.25) is 0 Å². The number of alkyl halides is 3. The number of hydrogen-bond donors (Lipinski definition) is 1. The quantitative estimate of drug-likeness (QED) is 0.215. The van der Waals surface area contributed by atoms with E-state index in [-0.39, 0.29) is 36.7 Å². The fourth-order valence-corrected chi connectivity index (χ4v) is 6.11. The second kappa shape index (κ2) is 17.0. The van der Waals surface area contributed by atoms with Crippen molar-refractivity contribution < 1.29 is 45.4 Å². The van der Waals surface area contributed by atoms with Crippen molar-refractivity contribution in [3.05, 3.63) is 59.5 Å². The van der Waals surface area contributed by atoms with Crippen LogP contribution >= 0.6 is 0 Å². The first-order valence-corrected chi connectivity index (χ1v) is 16.0. The van der Waals surface area contributed by atoms with Gasteiger partial charge in [-0.25, -0.2) is 18.7 Å². The molecule has 0 radical (unpaired) electrons. The maximum Gasteiger partial charge on any atom is 0.422 e. The molecule has 2 fully saturated rings. The molecule has 2 heterocycles. The molecule has 1 atom stereocenters. The summed E-state index contributed by atoms with van der Waals surface area (Å²) in [6.07, 6.45) is 2.67. The van der Waals surface area contributed by atoms with E-state index in [2.05, 4.69) is 32.8 Å². The van der Waals surface area contributed by atoms with E-state index in [1.807, 2.05) is 0 Å². The Morgan fingerprint density at radius 2 is 1.77 bits per heavy atom. The van der Waals surface area contributed by atoms with Crippen LogP contribution in [0.15, 0.2) is 54.0 Å². The Bertz CT molecular complexity index is 1200. The lowest BCUT2D eigenvalue weighted by molar-refractivity contribution is -0.202. The number of rotatable bonds is 11. The minimum Gasteiger partial charge on any atom is -0.484 e. The van der Waals surface area contributed by atoms with E-state index < -0.39 is 39.6 Å². The zero-order valence-corrected chi connectivity index (χ0v) is 26.2. The number of ether oxygens (including phenoxy) is 3. The van der Waals surface area contributed by atoms with Crippen LogP contribution in [-0.4, -0.2) is 58.0 Å². The first kappa shape index (κ1) is 36.5. The lowest BCUT2D eigenvalue weighted by Gasteiger charge is -2.35. The Morgan fingerprint density at radius 1 is 1.14 bits per heavy atom. The van der Waals surface area contributed by atoms with Gasteiger partial charge in [-0.05, 0) is 67.9 Å². The second-order valence-corrected chi connectivity index (χ2v) is 13.0. The van der Waals surface area contributed by atoms with Gasteiger partial charge < -0.3 is 14.2 Å². The molecule has 3 rings (SSSR count). The highest BCUT2D eigenvalue weighted by Crippen LogP contribution is 2.36. The summed E-state index contributed by atoms with van der Waals surface area (Å²) in [5, 5.41) is 0. The van der Waals surface area contributed by atoms with Gasteiger partial charge in [0.15, 0.2) is 27.5 Å². The maximum atomic E-state index is 13.8. The predicted molar refractivity (Wildman–Crippen MR) is 160 cm³/mol. The van der Waals surface area contributed by atoms with Crippen LogP contribution in [0.25, 0.3) is 5.57 Å². The zero-order valence-electron chi connectivity index (χ0n) is 25.4. The van der Waals surface area contributed by atoms with Crippen LogP contribution in [0.3, 0.4) is 0 Å². The van der Waals surface area contributed by atoms with E-state index >= 15 is 0 Å². The van der Waals surface area contributed by atoms with Crippen molar-refractivity contribution >= 4 is 21.3 Å². The molecule has 1 aromatic carbocycles. The minimum absolute atomic E-state index is 0.0351. The highest BCUT2D eigenvalue weighted by molar-refractivity contribution is 7.97. The summed E-state index contributed by atoms with van der Waals surface area (Å²) >= 11 is 0. The lowest BCUT2D eigenvalue weighted by atomic mass is 9.98. The van der Waals surface area contributed by atoms with Crippen molar-refractivity contribution in [3.8, 4) is 5.75 Å². The van der Waals surface area contributed by atoms with Gasteiger partial charge in [0.1, 0.15) is 5.75 Å². The SMILES string of the molecule is C=C(/C=C\C(=C/C)S(=O)(=O)C1(C(=O)NOC2CCCCO2)CCOCC1)c1ccc(OCC(F)(F)F)cc1.CCC(C)C. The van der Waals surface area contributed by atoms with Crippen molar-refractivity contribution in [2.24, 2.45) is 5.92 Å². The normalized spacial score (nSPS) is 19.4. The van der Waals surface area contributed by atoms with Gasteiger partial charge in [0, 0.05) is 26.2 Å². The Morgan fingerprint density at radius 3 is 2.28 bits per heavy atom. The summed E-state index contributed by atoms with van der Waals surface area (Å²) in [6, 6.07) is 5.76. The maximum absolute atomic E-state index is 13.8. The largest absolute Gasteiger partial charge is 0.484 e. The van der Waals surface area contributed by atoms with Crippen LogP contribution in [-0.2, 0) is 28.9 Å². The van der Waals surface area contributed by atoms with E-state index in [1.165, 1.54) is 48.9 Å². The molecular formula is C31H44F3NO7S. The summed E-state index contributed by atoms with van der Waals surface area (Å²) in [7, 11) is -4.20. The standard InChI is InChI=1S/C26H32F3NO7S.C5H12/c1-3-22(12-7-19(2)20-8-10-21(11-9-20)36-18-26(27,28)29)38(32,33)25(13-16-34-17-14-25)24(31)30-37-23-6-4-5-15-35-23;1-4-5(2)3/h3,7-12,23H,2,4-6,13-18H2,1H3,(H,30,31);5H,4H2,1-3H3/b12-7-,22-3+;. The first-order chi connectivity index (χ1) is 20.3. The third kappa shape index (κ3) is 11.1. The smallest absolute Gasteiger partial charge is 0.422 e. The molecule has 0 bridgehead atoms. The molecule has 0 aromatic heterocycles. The van der Waals surface area contributed by atoms with Gasteiger partial charge in [-0.15, -0.1) is 0 Å². The Kier molecular flexibility index (Phi) is 14.4. The van der Waals surface area contributed by atoms with Crippen molar-refractivity contribution in [2.45, 2.75) is 83.4 Å². The second-order valence-electron chi connectivity index (χ2n) is 10.7. The summed E-state index contributed by atoms with van der Waals surface area (Å²) in [6.45, 7) is 11.4. The van der Waals surface area contributed by atoms with E-state index in [0.717, 1.165) is 18.8 Å². The number of carbonyl (C=O) groups excluding carboxylic acids is 1. The number of amides is 1. The topological polar surface area (TPSA) is 100 Å². The van der Waals surface area contributed by atoms with Crippen LogP contribution in [0.2, 0.25) is 0 Å². The van der Waals surface area contributed by atoms with Crippen LogP contribution in [0, 0.1) is 5.92 Å².